The smallest absolute Gasteiger partial charge is 0.252 e. The van der Waals surface area contributed by atoms with Gasteiger partial charge in [0.05, 0.1) is 12.4 Å². The number of carbonyl (C=O) groups excluding carboxylic acids is 1. The van der Waals surface area contributed by atoms with E-state index in [1.165, 1.54) is 5.56 Å². The van der Waals surface area contributed by atoms with Gasteiger partial charge in [0.2, 0.25) is 0 Å². The molecule has 4 nitrogen and oxygen atoms in total. The van der Waals surface area contributed by atoms with Crippen LogP contribution < -0.4 is 5.32 Å². The molecular formula is C25H23N3O. The highest BCUT2D eigenvalue weighted by Gasteiger charge is 2.18. The molecule has 0 unspecified atom stereocenters. The van der Waals surface area contributed by atoms with Crippen LogP contribution in [0.15, 0.2) is 97.6 Å². The van der Waals surface area contributed by atoms with Crippen molar-refractivity contribution in [2.75, 3.05) is 0 Å². The predicted octanol–water partition coefficient (Wildman–Crippen LogP) is 4.76. The Morgan fingerprint density at radius 1 is 0.966 bits per heavy atom. The molecule has 4 heteroatoms. The van der Waals surface area contributed by atoms with Gasteiger partial charge < -0.3 is 9.88 Å². The lowest BCUT2D eigenvalue weighted by atomic mass is 9.97. The average molecular weight is 381 g/mol. The Hall–Kier alpha value is -3.66. The number of carbonyl (C=O) groups is 1. The topological polar surface area (TPSA) is 46.9 Å². The summed E-state index contributed by atoms with van der Waals surface area (Å²) in [4.78, 5) is 17.0. The minimum Gasteiger partial charge on any atom is -0.341 e. The normalized spacial score (nSPS) is 11.8. The maximum absolute atomic E-state index is 13.0. The number of nitrogens with zero attached hydrogens (tertiary/aromatic N) is 2. The van der Waals surface area contributed by atoms with Crippen LogP contribution >= 0.6 is 0 Å². The Bertz CT molecular complexity index is 1070. The standard InChI is InChI=1S/C25H23N3O/c1-19-6-5-9-23(16-19)24(21-7-3-2-4-8-21)27-25(29)22-12-10-20(11-13-22)17-28-15-14-26-18-28/h2-16,18,24H,17H2,1H3,(H,27,29)/t24-/m0/s1. The summed E-state index contributed by atoms with van der Waals surface area (Å²) in [5.74, 6) is -0.0884. The summed E-state index contributed by atoms with van der Waals surface area (Å²) in [6.07, 6.45) is 5.47. The van der Waals surface area contributed by atoms with E-state index in [9.17, 15) is 4.79 Å². The van der Waals surface area contributed by atoms with Crippen LogP contribution in [-0.4, -0.2) is 15.5 Å². The summed E-state index contributed by atoms with van der Waals surface area (Å²) >= 11 is 0. The van der Waals surface area contributed by atoms with E-state index in [4.69, 9.17) is 0 Å². The lowest BCUT2D eigenvalue weighted by molar-refractivity contribution is 0.0943. The highest BCUT2D eigenvalue weighted by atomic mass is 16.1. The van der Waals surface area contributed by atoms with Crippen LogP contribution in [-0.2, 0) is 6.54 Å². The monoisotopic (exact) mass is 381 g/mol. The Labute approximate surface area is 170 Å². The van der Waals surface area contributed by atoms with E-state index in [0.717, 1.165) is 23.2 Å². The summed E-state index contributed by atoms with van der Waals surface area (Å²) in [5, 5.41) is 3.20. The van der Waals surface area contributed by atoms with Crippen LogP contribution in [0.1, 0.15) is 38.7 Å². The summed E-state index contributed by atoms with van der Waals surface area (Å²) in [5.41, 5.74) is 5.07. The SMILES string of the molecule is Cc1cccc([C@@H](NC(=O)c2ccc(Cn3ccnc3)cc2)c2ccccc2)c1. The van der Waals surface area contributed by atoms with Gasteiger partial charge in [-0.1, -0.05) is 72.3 Å². The zero-order valence-electron chi connectivity index (χ0n) is 16.3. The number of amides is 1. The average Bonchev–Trinajstić information content (AvgIpc) is 3.26. The van der Waals surface area contributed by atoms with Crippen molar-refractivity contribution in [2.45, 2.75) is 19.5 Å². The number of aryl methyl sites for hydroxylation is 1. The maximum atomic E-state index is 13.0. The zero-order valence-corrected chi connectivity index (χ0v) is 16.3. The molecule has 0 aliphatic heterocycles. The molecule has 29 heavy (non-hydrogen) atoms. The van der Waals surface area contributed by atoms with Gasteiger partial charge in [0.25, 0.3) is 5.91 Å². The third-order valence-corrected chi connectivity index (χ3v) is 4.92. The van der Waals surface area contributed by atoms with Crippen LogP contribution in [0.3, 0.4) is 0 Å². The van der Waals surface area contributed by atoms with Gasteiger partial charge in [0.1, 0.15) is 0 Å². The van der Waals surface area contributed by atoms with Gasteiger partial charge in [-0.2, -0.15) is 0 Å². The van der Waals surface area contributed by atoms with Gasteiger partial charge in [-0.3, -0.25) is 4.79 Å². The van der Waals surface area contributed by atoms with Crippen molar-refractivity contribution in [2.24, 2.45) is 0 Å². The van der Waals surface area contributed by atoms with Crippen molar-refractivity contribution in [3.05, 3.63) is 125 Å². The van der Waals surface area contributed by atoms with Gasteiger partial charge in [0, 0.05) is 24.5 Å². The molecule has 4 rings (SSSR count). The first-order valence-electron chi connectivity index (χ1n) is 9.66. The third-order valence-electron chi connectivity index (χ3n) is 4.92. The zero-order chi connectivity index (χ0) is 20.1. The van der Waals surface area contributed by atoms with E-state index in [2.05, 4.69) is 35.4 Å². The van der Waals surface area contributed by atoms with Crippen LogP contribution in [0.5, 0.6) is 0 Å². The summed E-state index contributed by atoms with van der Waals surface area (Å²) in [7, 11) is 0. The minimum absolute atomic E-state index is 0.0884. The molecule has 1 aromatic heterocycles. The van der Waals surface area contributed by atoms with E-state index in [-0.39, 0.29) is 11.9 Å². The molecule has 0 fully saturated rings. The van der Waals surface area contributed by atoms with Crippen LogP contribution in [0.25, 0.3) is 0 Å². The van der Waals surface area contributed by atoms with Crippen molar-refractivity contribution in [1.29, 1.82) is 0 Å². The fourth-order valence-corrected chi connectivity index (χ4v) is 3.42. The summed E-state index contributed by atoms with van der Waals surface area (Å²) in [6.45, 7) is 2.80. The molecule has 1 N–H and O–H groups in total. The lowest BCUT2D eigenvalue weighted by Crippen LogP contribution is -2.29. The van der Waals surface area contributed by atoms with Gasteiger partial charge in [-0.15, -0.1) is 0 Å². The number of rotatable bonds is 6. The van der Waals surface area contributed by atoms with Crippen LogP contribution in [0.4, 0.5) is 0 Å². The molecule has 0 aliphatic rings. The molecule has 0 aliphatic carbocycles. The Kier molecular flexibility index (Phi) is 5.52. The van der Waals surface area contributed by atoms with Gasteiger partial charge >= 0.3 is 0 Å². The van der Waals surface area contributed by atoms with Crippen LogP contribution in [0, 0.1) is 6.92 Å². The molecule has 144 valence electrons. The molecule has 0 spiro atoms. The third kappa shape index (κ3) is 4.61. The van der Waals surface area contributed by atoms with Crippen molar-refractivity contribution >= 4 is 5.91 Å². The van der Waals surface area contributed by atoms with Crippen molar-refractivity contribution < 1.29 is 4.79 Å². The predicted molar refractivity (Wildman–Crippen MR) is 115 cm³/mol. The number of aromatic nitrogens is 2. The maximum Gasteiger partial charge on any atom is 0.252 e. The molecule has 1 atom stereocenters. The lowest BCUT2D eigenvalue weighted by Gasteiger charge is -2.20. The summed E-state index contributed by atoms with van der Waals surface area (Å²) < 4.78 is 2.00. The highest BCUT2D eigenvalue weighted by Crippen LogP contribution is 2.23. The first-order valence-corrected chi connectivity index (χ1v) is 9.66. The van der Waals surface area contributed by atoms with E-state index in [0.29, 0.717) is 5.56 Å². The molecule has 0 bridgehead atoms. The molecule has 4 aromatic rings. The quantitative estimate of drug-likeness (QED) is 0.523. The van der Waals surface area contributed by atoms with Crippen molar-refractivity contribution in [3.8, 4) is 0 Å². The second-order valence-corrected chi connectivity index (χ2v) is 7.16. The first-order chi connectivity index (χ1) is 14.2. The first kappa shape index (κ1) is 18.7. The van der Waals surface area contributed by atoms with Gasteiger partial charge in [0.15, 0.2) is 0 Å². The largest absolute Gasteiger partial charge is 0.341 e. The number of hydrogen-bond donors (Lipinski definition) is 1. The Morgan fingerprint density at radius 3 is 2.41 bits per heavy atom. The van der Waals surface area contributed by atoms with Crippen molar-refractivity contribution in [1.82, 2.24) is 14.9 Å². The molecule has 3 aromatic carbocycles. The molecule has 0 saturated carbocycles. The molecule has 1 amide bonds. The second-order valence-electron chi connectivity index (χ2n) is 7.16. The molecule has 0 saturated heterocycles. The van der Waals surface area contributed by atoms with Gasteiger partial charge in [-0.05, 0) is 35.7 Å². The van der Waals surface area contributed by atoms with Crippen molar-refractivity contribution in [3.63, 3.8) is 0 Å². The number of hydrogen-bond acceptors (Lipinski definition) is 2. The highest BCUT2D eigenvalue weighted by molar-refractivity contribution is 5.94. The number of imidazole rings is 1. The van der Waals surface area contributed by atoms with Crippen LogP contribution in [0.2, 0.25) is 0 Å². The summed E-state index contributed by atoms with van der Waals surface area (Å²) in [6, 6.07) is 25.8. The minimum atomic E-state index is -0.200. The fraction of sp³-hybridized carbons (Fsp3) is 0.120. The van der Waals surface area contributed by atoms with E-state index >= 15 is 0 Å². The van der Waals surface area contributed by atoms with E-state index in [1.54, 1.807) is 12.5 Å². The number of benzene rings is 3. The van der Waals surface area contributed by atoms with E-state index < -0.39 is 0 Å². The van der Waals surface area contributed by atoms with Gasteiger partial charge in [-0.25, -0.2) is 4.98 Å². The molecular weight excluding hydrogens is 358 g/mol. The Morgan fingerprint density at radius 2 is 1.72 bits per heavy atom. The fourth-order valence-electron chi connectivity index (χ4n) is 3.42. The van der Waals surface area contributed by atoms with E-state index in [1.807, 2.05) is 71.4 Å². The Balaban J connectivity index is 1.55. The number of nitrogens with one attached hydrogen (secondary N) is 1. The molecule has 0 radical (unpaired) electrons. The second kappa shape index (κ2) is 8.57. The molecule has 1 heterocycles.